The second-order valence-corrected chi connectivity index (χ2v) is 8.36. The van der Waals surface area contributed by atoms with Crippen molar-refractivity contribution in [1.82, 2.24) is 10.6 Å². The Morgan fingerprint density at radius 3 is 2.59 bits per heavy atom. The van der Waals surface area contributed by atoms with Crippen molar-refractivity contribution in [3.05, 3.63) is 33.8 Å². The van der Waals surface area contributed by atoms with E-state index in [1.807, 2.05) is 13.8 Å². The second kappa shape index (κ2) is 11.5. The van der Waals surface area contributed by atoms with Gasteiger partial charge in [0.25, 0.3) is 5.91 Å². The number of hydrogen-bond acceptors (Lipinski definition) is 8. The number of halogens is 2. The molecule has 10 nitrogen and oxygen atoms in total. The monoisotopic (exact) mass is 487 g/mol. The Kier molecular flexibility index (Phi) is 9.32. The molecule has 13 heteroatoms. The number of carbonyl (C=O) groups excluding carboxylic acids is 4. The van der Waals surface area contributed by atoms with E-state index >= 15 is 0 Å². The quantitative estimate of drug-likeness (QED) is 0.359. The summed E-state index contributed by atoms with van der Waals surface area (Å²) >= 11 is 11.9. The highest BCUT2D eigenvalue weighted by atomic mass is 35.5. The molecule has 1 aromatic rings. The van der Waals surface area contributed by atoms with Gasteiger partial charge in [-0.3, -0.25) is 14.4 Å². The molecule has 1 aromatic carbocycles. The van der Waals surface area contributed by atoms with E-state index in [1.54, 1.807) is 0 Å². The summed E-state index contributed by atoms with van der Waals surface area (Å²) in [6.07, 6.45) is -1.02. The van der Waals surface area contributed by atoms with Crippen LogP contribution >= 0.6 is 23.2 Å². The molecule has 4 N–H and O–H groups in total. The lowest BCUT2D eigenvalue weighted by molar-refractivity contribution is -0.162. The number of hydrogen-bond donors (Lipinski definition) is 3. The van der Waals surface area contributed by atoms with E-state index in [-0.39, 0.29) is 16.5 Å². The maximum atomic E-state index is 12.5. The van der Waals surface area contributed by atoms with E-state index in [9.17, 15) is 19.2 Å². The lowest BCUT2D eigenvalue weighted by Crippen LogP contribution is -2.63. The van der Waals surface area contributed by atoms with Crippen LogP contribution in [0.15, 0.2) is 18.2 Å². The van der Waals surface area contributed by atoms with E-state index < -0.39 is 55.5 Å². The number of amides is 2. The van der Waals surface area contributed by atoms with Crippen molar-refractivity contribution in [1.29, 1.82) is 0 Å². The highest BCUT2D eigenvalue weighted by Crippen LogP contribution is 2.21. The molecular weight excluding hydrogens is 464 g/mol. The number of ether oxygens (including phenoxy) is 1. The topological polar surface area (TPSA) is 146 Å². The Hall–Kier alpha value is -2.34. The SMILES string of the molecule is COC(=O)[C@@H]1OB([C@H](CC(C)C)NC(=O)CNC(=O)c2cc(Cl)ccc2Cl)OC(=O)[C@H]1N. The van der Waals surface area contributed by atoms with Crippen molar-refractivity contribution in [2.45, 2.75) is 38.4 Å². The van der Waals surface area contributed by atoms with Crippen LogP contribution in [0.2, 0.25) is 10.0 Å². The summed E-state index contributed by atoms with van der Waals surface area (Å²) in [7, 11) is -0.133. The third kappa shape index (κ3) is 6.83. The first-order valence-electron chi connectivity index (χ1n) is 9.75. The smallest absolute Gasteiger partial charge is 0.507 e. The van der Waals surface area contributed by atoms with Crippen molar-refractivity contribution in [3.63, 3.8) is 0 Å². The number of nitrogens with two attached hydrogens (primary N) is 1. The molecule has 0 bridgehead atoms. The molecule has 1 fully saturated rings. The normalized spacial score (nSPS) is 19.2. The van der Waals surface area contributed by atoms with Crippen molar-refractivity contribution in [3.8, 4) is 0 Å². The Labute approximate surface area is 195 Å². The molecule has 0 radical (unpaired) electrons. The Morgan fingerprint density at radius 1 is 1.28 bits per heavy atom. The number of benzene rings is 1. The molecule has 1 aliphatic rings. The lowest BCUT2D eigenvalue weighted by atomic mass is 9.72. The summed E-state index contributed by atoms with van der Waals surface area (Å²) in [6, 6.07) is 3.03. The van der Waals surface area contributed by atoms with Gasteiger partial charge in [0.1, 0.15) is 6.04 Å². The standard InChI is InChI=1S/C19H24BCl2N3O7/c1-9(2)6-13(20-31-16(19(29)30-3)15(23)18(28)32-20)25-14(26)8-24-17(27)11-7-10(21)4-5-12(11)22/h4-5,7,9,13,15-16H,6,8,23H2,1-3H3,(H,24,27)(H,25,26)/t13-,15-,16+/m0/s1. The van der Waals surface area contributed by atoms with Crippen LogP contribution in [0.5, 0.6) is 0 Å². The molecule has 0 unspecified atom stereocenters. The molecule has 32 heavy (non-hydrogen) atoms. The minimum atomic E-state index is -1.37. The zero-order chi connectivity index (χ0) is 24.0. The van der Waals surface area contributed by atoms with Gasteiger partial charge in [-0.2, -0.15) is 0 Å². The number of carbonyl (C=O) groups is 4. The van der Waals surface area contributed by atoms with E-state index in [2.05, 4.69) is 15.4 Å². The zero-order valence-electron chi connectivity index (χ0n) is 17.7. The molecule has 1 aliphatic heterocycles. The van der Waals surface area contributed by atoms with Gasteiger partial charge in [0.2, 0.25) is 5.91 Å². The molecule has 2 amide bonds. The van der Waals surface area contributed by atoms with Crippen molar-refractivity contribution in [2.24, 2.45) is 11.7 Å². The molecule has 2 rings (SSSR count). The summed E-state index contributed by atoms with van der Waals surface area (Å²) in [5.41, 5.74) is 5.78. The first kappa shape index (κ1) is 25.9. The van der Waals surface area contributed by atoms with E-state index in [4.69, 9.17) is 38.2 Å². The van der Waals surface area contributed by atoms with Gasteiger partial charge in [-0.05, 0) is 30.5 Å². The first-order valence-corrected chi connectivity index (χ1v) is 10.5. The van der Waals surface area contributed by atoms with Crippen LogP contribution in [0.1, 0.15) is 30.6 Å². The maximum absolute atomic E-state index is 12.5. The van der Waals surface area contributed by atoms with Crippen LogP contribution in [0.4, 0.5) is 0 Å². The van der Waals surface area contributed by atoms with E-state index in [0.29, 0.717) is 11.4 Å². The van der Waals surface area contributed by atoms with Gasteiger partial charge in [-0.15, -0.1) is 0 Å². The highest BCUT2D eigenvalue weighted by molar-refractivity contribution is 6.50. The van der Waals surface area contributed by atoms with Crippen LogP contribution in [0, 0.1) is 5.92 Å². The number of nitrogens with one attached hydrogen (secondary N) is 2. The average molecular weight is 488 g/mol. The molecule has 1 saturated heterocycles. The summed E-state index contributed by atoms with van der Waals surface area (Å²) in [4.78, 5) is 48.8. The maximum Gasteiger partial charge on any atom is 0.552 e. The van der Waals surface area contributed by atoms with Gasteiger partial charge < -0.3 is 30.4 Å². The largest absolute Gasteiger partial charge is 0.552 e. The molecule has 1 heterocycles. The number of rotatable bonds is 8. The Bertz CT molecular complexity index is 886. The van der Waals surface area contributed by atoms with Crippen LogP contribution in [-0.2, 0) is 28.4 Å². The van der Waals surface area contributed by atoms with Crippen LogP contribution in [0.25, 0.3) is 0 Å². The fourth-order valence-electron chi connectivity index (χ4n) is 3.00. The van der Waals surface area contributed by atoms with Gasteiger partial charge >= 0.3 is 19.1 Å². The fraction of sp³-hybridized carbons (Fsp3) is 0.474. The average Bonchev–Trinajstić information content (AvgIpc) is 2.74. The lowest BCUT2D eigenvalue weighted by Gasteiger charge is -2.34. The molecule has 3 atom stereocenters. The predicted octanol–water partition coefficient (Wildman–Crippen LogP) is 0.724. The van der Waals surface area contributed by atoms with Crippen molar-refractivity contribution in [2.75, 3.05) is 13.7 Å². The van der Waals surface area contributed by atoms with Gasteiger partial charge in [0, 0.05) is 5.02 Å². The molecule has 0 aliphatic carbocycles. The van der Waals surface area contributed by atoms with Crippen LogP contribution in [-0.4, -0.2) is 62.6 Å². The summed E-state index contributed by atoms with van der Waals surface area (Å²) < 4.78 is 15.3. The number of esters is 1. The minimum absolute atomic E-state index is 0.0645. The third-order valence-electron chi connectivity index (χ3n) is 4.53. The first-order chi connectivity index (χ1) is 15.0. The van der Waals surface area contributed by atoms with E-state index in [0.717, 1.165) is 7.11 Å². The van der Waals surface area contributed by atoms with Gasteiger partial charge in [-0.25, -0.2) is 4.79 Å². The van der Waals surface area contributed by atoms with Gasteiger partial charge in [0.05, 0.1) is 30.2 Å². The van der Waals surface area contributed by atoms with Crippen LogP contribution < -0.4 is 16.4 Å². The zero-order valence-corrected chi connectivity index (χ0v) is 19.2. The molecule has 0 saturated carbocycles. The third-order valence-corrected chi connectivity index (χ3v) is 5.09. The second-order valence-electron chi connectivity index (χ2n) is 7.52. The molecular formula is C19H24BCl2N3O7. The van der Waals surface area contributed by atoms with Crippen molar-refractivity contribution >= 4 is 54.1 Å². The number of methoxy groups -OCH3 is 1. The van der Waals surface area contributed by atoms with E-state index in [1.165, 1.54) is 18.2 Å². The summed E-state index contributed by atoms with van der Waals surface area (Å²) in [6.45, 7) is 3.38. The minimum Gasteiger partial charge on any atom is -0.507 e. The van der Waals surface area contributed by atoms with Crippen LogP contribution in [0.3, 0.4) is 0 Å². The molecule has 0 aromatic heterocycles. The highest BCUT2D eigenvalue weighted by Gasteiger charge is 2.48. The Balaban J connectivity index is 2.05. The van der Waals surface area contributed by atoms with Gasteiger partial charge in [-0.1, -0.05) is 37.0 Å². The van der Waals surface area contributed by atoms with Crippen molar-refractivity contribution < 1.29 is 33.2 Å². The van der Waals surface area contributed by atoms with Gasteiger partial charge in [0.15, 0.2) is 6.10 Å². The summed E-state index contributed by atoms with van der Waals surface area (Å²) in [5, 5.41) is 5.59. The molecule has 174 valence electrons. The summed E-state index contributed by atoms with van der Waals surface area (Å²) in [5.74, 6) is -3.60. The molecule has 0 spiro atoms. The predicted molar refractivity (Wildman–Crippen MR) is 117 cm³/mol. The Morgan fingerprint density at radius 2 is 1.97 bits per heavy atom. The fourth-order valence-corrected chi connectivity index (χ4v) is 3.38.